The van der Waals surface area contributed by atoms with Crippen LogP contribution in [0, 0.1) is 5.92 Å². The summed E-state index contributed by atoms with van der Waals surface area (Å²) in [4.78, 5) is 13.6. The lowest BCUT2D eigenvalue weighted by atomic mass is 9.90. The van der Waals surface area contributed by atoms with Gasteiger partial charge in [0.05, 0.1) is 20.8 Å². The fourth-order valence-corrected chi connectivity index (χ4v) is 3.82. The number of hydrogen-bond donors (Lipinski definition) is 1. The van der Waals surface area contributed by atoms with Crippen LogP contribution in [0.15, 0.2) is 48.5 Å². The molecular formula is C25H35NO5. The maximum atomic E-state index is 11.9. The molecular weight excluding hydrogens is 394 g/mol. The topological polar surface area (TPSA) is 68.2 Å². The fourth-order valence-electron chi connectivity index (χ4n) is 3.82. The van der Waals surface area contributed by atoms with Crippen LogP contribution < -0.4 is 9.47 Å². The summed E-state index contributed by atoms with van der Waals surface area (Å²) in [5, 5.41) is 7.57. The number of ether oxygens (including phenoxy) is 3. The van der Waals surface area contributed by atoms with E-state index in [9.17, 15) is 4.79 Å². The monoisotopic (exact) mass is 429 g/mol. The van der Waals surface area contributed by atoms with Gasteiger partial charge in [-0.15, -0.1) is 0 Å². The first-order valence-electron chi connectivity index (χ1n) is 10.8. The number of rotatable bonds is 7. The standard InChI is InChI=1S/C23H29NO4.C2H6O/c1-17-15-24(23(25)27-3)16-20(17)19-11-12-21(26-2)22(14-19)28-13-7-10-18-8-5-4-6-9-18;1-2-3/h4-6,8-9,11-12,14,17,20H,7,10,13,15-16H2,1-3H3;3H,2H2,1H3/t17?,20-;/m1./s1. The highest BCUT2D eigenvalue weighted by atomic mass is 16.5. The Morgan fingerprint density at radius 2 is 1.81 bits per heavy atom. The molecule has 2 atom stereocenters. The molecule has 0 bridgehead atoms. The summed E-state index contributed by atoms with van der Waals surface area (Å²) in [5.41, 5.74) is 2.48. The van der Waals surface area contributed by atoms with E-state index in [1.165, 1.54) is 12.7 Å². The summed E-state index contributed by atoms with van der Waals surface area (Å²) < 4.78 is 16.4. The zero-order chi connectivity index (χ0) is 22.6. The minimum absolute atomic E-state index is 0.250. The van der Waals surface area contributed by atoms with Gasteiger partial charge in [0.2, 0.25) is 0 Å². The number of hydrogen-bond acceptors (Lipinski definition) is 5. The number of carbonyl (C=O) groups excluding carboxylic acids is 1. The molecule has 1 unspecified atom stereocenters. The zero-order valence-corrected chi connectivity index (χ0v) is 19.0. The maximum Gasteiger partial charge on any atom is 0.409 e. The molecule has 6 heteroatoms. The fraction of sp³-hybridized carbons (Fsp3) is 0.480. The first-order chi connectivity index (χ1) is 15.0. The largest absolute Gasteiger partial charge is 0.493 e. The second kappa shape index (κ2) is 12.8. The average Bonchev–Trinajstić information content (AvgIpc) is 3.19. The van der Waals surface area contributed by atoms with Crippen molar-refractivity contribution in [3.8, 4) is 11.5 Å². The van der Waals surface area contributed by atoms with Crippen LogP contribution in [-0.2, 0) is 11.2 Å². The van der Waals surface area contributed by atoms with Crippen LogP contribution in [-0.4, -0.2) is 56.6 Å². The number of amides is 1. The lowest BCUT2D eigenvalue weighted by molar-refractivity contribution is 0.131. The van der Waals surface area contributed by atoms with E-state index < -0.39 is 0 Å². The number of aryl methyl sites for hydroxylation is 1. The van der Waals surface area contributed by atoms with Crippen molar-refractivity contribution < 1.29 is 24.1 Å². The molecule has 0 spiro atoms. The molecule has 2 aromatic carbocycles. The van der Waals surface area contributed by atoms with Gasteiger partial charge in [0.25, 0.3) is 0 Å². The highest BCUT2D eigenvalue weighted by Crippen LogP contribution is 2.37. The number of aliphatic hydroxyl groups is 1. The average molecular weight is 430 g/mol. The molecule has 1 saturated heterocycles. The highest BCUT2D eigenvalue weighted by Gasteiger charge is 2.34. The Bertz CT molecular complexity index is 796. The van der Waals surface area contributed by atoms with E-state index in [1.807, 2.05) is 12.1 Å². The van der Waals surface area contributed by atoms with E-state index in [0.29, 0.717) is 25.6 Å². The first-order valence-corrected chi connectivity index (χ1v) is 10.8. The predicted octanol–water partition coefficient (Wildman–Crippen LogP) is 4.51. The summed E-state index contributed by atoms with van der Waals surface area (Å²) in [6.07, 6.45) is 1.66. The van der Waals surface area contributed by atoms with Gasteiger partial charge in [0.15, 0.2) is 11.5 Å². The summed E-state index contributed by atoms with van der Waals surface area (Å²) >= 11 is 0. The third kappa shape index (κ3) is 7.17. The second-order valence-electron chi connectivity index (χ2n) is 7.62. The molecule has 0 radical (unpaired) electrons. The Hall–Kier alpha value is -2.73. The number of carbonyl (C=O) groups is 1. The van der Waals surface area contributed by atoms with Gasteiger partial charge < -0.3 is 24.2 Å². The molecule has 0 aliphatic carbocycles. The van der Waals surface area contributed by atoms with Gasteiger partial charge in [-0.2, -0.15) is 0 Å². The lowest BCUT2D eigenvalue weighted by Gasteiger charge is -2.18. The van der Waals surface area contributed by atoms with Gasteiger partial charge in [-0.1, -0.05) is 43.3 Å². The van der Waals surface area contributed by atoms with Crippen LogP contribution >= 0.6 is 0 Å². The van der Waals surface area contributed by atoms with Crippen molar-refractivity contribution in [3.63, 3.8) is 0 Å². The predicted molar refractivity (Wildman–Crippen MR) is 122 cm³/mol. The molecule has 1 heterocycles. The SMILES string of the molecule is CCO.COC(=O)N1CC(C)[C@H](c2ccc(OC)c(OCCCc3ccccc3)c2)C1. The lowest BCUT2D eigenvalue weighted by Crippen LogP contribution is -2.28. The van der Waals surface area contributed by atoms with E-state index in [4.69, 9.17) is 19.3 Å². The number of benzene rings is 2. The normalized spacial score (nSPS) is 17.5. The van der Waals surface area contributed by atoms with E-state index in [0.717, 1.165) is 29.9 Å². The quantitative estimate of drug-likeness (QED) is 0.656. The minimum atomic E-state index is -0.264. The van der Waals surface area contributed by atoms with Gasteiger partial charge in [0, 0.05) is 25.6 Å². The molecule has 2 aromatic rings. The summed E-state index contributed by atoms with van der Waals surface area (Å²) in [6, 6.07) is 16.5. The van der Waals surface area contributed by atoms with E-state index in [-0.39, 0.29) is 18.6 Å². The van der Waals surface area contributed by atoms with Crippen molar-refractivity contribution >= 4 is 6.09 Å². The van der Waals surface area contributed by atoms with E-state index >= 15 is 0 Å². The summed E-state index contributed by atoms with van der Waals surface area (Å²) in [5.74, 6) is 2.12. The Balaban J connectivity index is 0.00000107. The third-order valence-electron chi connectivity index (χ3n) is 5.37. The van der Waals surface area contributed by atoms with Crippen molar-refractivity contribution in [2.45, 2.75) is 32.6 Å². The van der Waals surface area contributed by atoms with Gasteiger partial charge in [0.1, 0.15) is 0 Å². The molecule has 1 aliphatic heterocycles. The molecule has 6 nitrogen and oxygen atoms in total. The number of nitrogens with zero attached hydrogens (tertiary/aromatic N) is 1. The summed E-state index contributed by atoms with van der Waals surface area (Å²) in [7, 11) is 3.08. The third-order valence-corrected chi connectivity index (χ3v) is 5.37. The molecule has 1 N–H and O–H groups in total. The second-order valence-corrected chi connectivity index (χ2v) is 7.62. The molecule has 1 fully saturated rings. The van der Waals surface area contributed by atoms with Gasteiger partial charge >= 0.3 is 6.09 Å². The Morgan fingerprint density at radius 1 is 1.10 bits per heavy atom. The van der Waals surface area contributed by atoms with Gasteiger partial charge in [-0.05, 0) is 48.9 Å². The Morgan fingerprint density at radius 3 is 2.45 bits per heavy atom. The molecule has 1 amide bonds. The Kier molecular flexibility index (Phi) is 10.2. The van der Waals surface area contributed by atoms with Crippen LogP contribution in [0.4, 0.5) is 4.79 Å². The van der Waals surface area contributed by atoms with Crippen LogP contribution in [0.2, 0.25) is 0 Å². The smallest absolute Gasteiger partial charge is 0.409 e. The van der Waals surface area contributed by atoms with Crippen LogP contribution in [0.5, 0.6) is 11.5 Å². The van der Waals surface area contributed by atoms with Crippen molar-refractivity contribution in [2.75, 3.05) is 40.5 Å². The van der Waals surface area contributed by atoms with Gasteiger partial charge in [-0.25, -0.2) is 4.79 Å². The molecule has 0 saturated carbocycles. The zero-order valence-electron chi connectivity index (χ0n) is 19.0. The molecule has 0 aromatic heterocycles. The van der Waals surface area contributed by atoms with Gasteiger partial charge in [-0.3, -0.25) is 0 Å². The minimum Gasteiger partial charge on any atom is -0.493 e. The molecule has 31 heavy (non-hydrogen) atoms. The highest BCUT2D eigenvalue weighted by molar-refractivity contribution is 5.68. The molecule has 3 rings (SSSR count). The van der Waals surface area contributed by atoms with Crippen molar-refractivity contribution in [3.05, 3.63) is 59.7 Å². The van der Waals surface area contributed by atoms with Crippen LogP contribution in [0.1, 0.15) is 37.3 Å². The van der Waals surface area contributed by atoms with E-state index in [2.05, 4.69) is 43.3 Å². The Labute approximate surface area is 185 Å². The number of likely N-dealkylation sites (tertiary alicyclic amines) is 1. The number of methoxy groups -OCH3 is 2. The first kappa shape index (κ1) is 24.5. The molecule has 170 valence electrons. The maximum absolute atomic E-state index is 11.9. The summed E-state index contributed by atoms with van der Waals surface area (Å²) in [6.45, 7) is 6.09. The van der Waals surface area contributed by atoms with Crippen LogP contribution in [0.25, 0.3) is 0 Å². The van der Waals surface area contributed by atoms with Crippen LogP contribution in [0.3, 0.4) is 0 Å². The van der Waals surface area contributed by atoms with E-state index in [1.54, 1.807) is 18.9 Å². The van der Waals surface area contributed by atoms with Crippen molar-refractivity contribution in [1.29, 1.82) is 0 Å². The van der Waals surface area contributed by atoms with Crippen molar-refractivity contribution in [2.24, 2.45) is 5.92 Å². The molecule has 1 aliphatic rings. The van der Waals surface area contributed by atoms with Crippen molar-refractivity contribution in [1.82, 2.24) is 4.90 Å². The number of aliphatic hydroxyl groups excluding tert-OH is 1.